The third kappa shape index (κ3) is 5.42. The molecule has 0 aliphatic carbocycles. The first-order valence-electron chi connectivity index (χ1n) is 10.3. The average Bonchev–Trinajstić information content (AvgIpc) is 3.20. The number of ether oxygens (including phenoxy) is 1. The molecule has 0 fully saturated rings. The number of benzene rings is 3. The Morgan fingerprint density at radius 1 is 1.14 bits per heavy atom. The topological polar surface area (TPSA) is 130 Å². The monoisotopic (exact) mass is 494 g/mol. The lowest BCUT2D eigenvalue weighted by molar-refractivity contribution is 0.0699. The highest BCUT2D eigenvalue weighted by atomic mass is 32.2. The molecular formula is C25H19FN2O6S. The summed E-state index contributed by atoms with van der Waals surface area (Å²) in [5, 5.41) is 21.9. The van der Waals surface area contributed by atoms with Gasteiger partial charge in [-0.05, 0) is 48.0 Å². The van der Waals surface area contributed by atoms with Crippen molar-refractivity contribution in [1.29, 1.82) is 5.26 Å². The number of carbonyl (C=O) groups is 1. The Labute approximate surface area is 200 Å². The highest BCUT2D eigenvalue weighted by Gasteiger charge is 2.24. The fraction of sp³-hybridized carbons (Fsp3) is 0.120. The van der Waals surface area contributed by atoms with Gasteiger partial charge >= 0.3 is 5.97 Å². The largest absolute Gasteiger partial charge is 0.487 e. The average molecular weight is 495 g/mol. The molecule has 0 aliphatic rings. The molecule has 0 spiro atoms. The number of aromatic carboxylic acids is 1. The number of nitriles is 1. The predicted octanol–water partition coefficient (Wildman–Crippen LogP) is 4.80. The van der Waals surface area contributed by atoms with Crippen LogP contribution in [0, 0.1) is 17.1 Å². The van der Waals surface area contributed by atoms with E-state index in [9.17, 15) is 22.7 Å². The molecule has 8 nitrogen and oxygen atoms in total. The van der Waals surface area contributed by atoms with Crippen molar-refractivity contribution in [2.45, 2.75) is 6.61 Å². The van der Waals surface area contributed by atoms with Gasteiger partial charge in [-0.2, -0.15) is 5.26 Å². The number of hydrogen-bond donors (Lipinski definition) is 2. The van der Waals surface area contributed by atoms with E-state index in [0.29, 0.717) is 11.1 Å². The SMILES string of the molecule is CS(=O)(=O)CNc1cc2oc(-c3ccc(F)cc3)c(C(=O)O)c2cc1OCc1ccc(C#N)cc1. The number of halogens is 1. The van der Waals surface area contributed by atoms with Gasteiger partial charge in [0.1, 0.15) is 41.0 Å². The van der Waals surface area contributed by atoms with Gasteiger partial charge in [0.15, 0.2) is 9.84 Å². The van der Waals surface area contributed by atoms with Crippen LogP contribution in [0.25, 0.3) is 22.3 Å². The van der Waals surface area contributed by atoms with Crippen LogP contribution in [0.5, 0.6) is 5.75 Å². The molecule has 0 bridgehead atoms. The Balaban J connectivity index is 1.80. The Morgan fingerprint density at radius 3 is 2.43 bits per heavy atom. The van der Waals surface area contributed by atoms with Gasteiger partial charge in [-0.15, -0.1) is 0 Å². The van der Waals surface area contributed by atoms with Gasteiger partial charge < -0.3 is 19.6 Å². The molecule has 0 saturated heterocycles. The minimum atomic E-state index is -3.39. The van der Waals surface area contributed by atoms with Crippen LogP contribution in [0.4, 0.5) is 10.1 Å². The zero-order valence-corrected chi connectivity index (χ0v) is 19.2. The number of rotatable bonds is 8. The second kappa shape index (κ2) is 9.48. The first kappa shape index (κ1) is 23.8. The fourth-order valence-corrected chi connectivity index (χ4v) is 3.86. The van der Waals surface area contributed by atoms with Crippen molar-refractivity contribution < 1.29 is 31.9 Å². The summed E-state index contributed by atoms with van der Waals surface area (Å²) in [6.45, 7) is 0.0792. The van der Waals surface area contributed by atoms with Gasteiger partial charge in [0, 0.05) is 23.3 Å². The predicted molar refractivity (Wildman–Crippen MR) is 127 cm³/mol. The van der Waals surface area contributed by atoms with Crippen molar-refractivity contribution in [1.82, 2.24) is 0 Å². The molecule has 0 atom stereocenters. The Morgan fingerprint density at radius 2 is 1.83 bits per heavy atom. The maximum absolute atomic E-state index is 13.4. The second-order valence-corrected chi connectivity index (χ2v) is 9.95. The Hall–Kier alpha value is -4.36. The number of nitrogens with zero attached hydrogens (tertiary/aromatic N) is 1. The van der Waals surface area contributed by atoms with E-state index in [2.05, 4.69) is 5.32 Å². The van der Waals surface area contributed by atoms with Crippen LogP contribution in [-0.4, -0.2) is 31.6 Å². The molecule has 0 saturated carbocycles. The van der Waals surface area contributed by atoms with Crippen molar-refractivity contribution in [3.8, 4) is 23.1 Å². The van der Waals surface area contributed by atoms with Gasteiger partial charge in [-0.1, -0.05) is 12.1 Å². The highest BCUT2D eigenvalue weighted by molar-refractivity contribution is 7.90. The molecule has 0 aliphatic heterocycles. The lowest BCUT2D eigenvalue weighted by atomic mass is 10.0. The number of nitrogens with one attached hydrogen (secondary N) is 1. The number of furan rings is 1. The standard InChI is InChI=1S/C25H19FN2O6S/c1-35(31,32)14-28-20-11-21-19(10-22(20)33-13-16-4-2-15(12-27)3-5-16)23(25(29)30)24(34-21)17-6-8-18(26)9-7-17/h2-11,28H,13-14H2,1H3,(H,29,30). The van der Waals surface area contributed by atoms with Crippen molar-refractivity contribution in [3.05, 3.63) is 83.2 Å². The van der Waals surface area contributed by atoms with Crippen LogP contribution in [0.15, 0.2) is 65.1 Å². The summed E-state index contributed by atoms with van der Waals surface area (Å²) < 4.78 is 48.6. The van der Waals surface area contributed by atoms with Gasteiger partial charge in [0.25, 0.3) is 0 Å². The molecule has 3 aromatic carbocycles. The second-order valence-electron chi connectivity index (χ2n) is 7.81. The lowest BCUT2D eigenvalue weighted by Crippen LogP contribution is -2.13. The normalized spacial score (nSPS) is 11.2. The third-order valence-corrected chi connectivity index (χ3v) is 5.78. The zero-order chi connectivity index (χ0) is 25.2. The van der Waals surface area contributed by atoms with Gasteiger partial charge in [-0.3, -0.25) is 0 Å². The summed E-state index contributed by atoms with van der Waals surface area (Å²) in [4.78, 5) is 12.1. The minimum absolute atomic E-state index is 0.0332. The first-order chi connectivity index (χ1) is 16.6. The number of carboxylic acid groups (broad SMARTS) is 1. The summed E-state index contributed by atoms with van der Waals surface area (Å²) >= 11 is 0. The maximum atomic E-state index is 13.4. The van der Waals surface area contributed by atoms with Crippen molar-refractivity contribution in [2.24, 2.45) is 0 Å². The summed E-state index contributed by atoms with van der Waals surface area (Å²) in [5.74, 6) is -1.88. The third-order valence-electron chi connectivity index (χ3n) is 5.11. The molecule has 4 aromatic rings. The molecule has 1 aromatic heterocycles. The lowest BCUT2D eigenvalue weighted by Gasteiger charge is -2.13. The molecule has 2 N–H and O–H groups in total. The van der Waals surface area contributed by atoms with E-state index < -0.39 is 21.6 Å². The van der Waals surface area contributed by atoms with Gasteiger partial charge in [0.2, 0.25) is 0 Å². The number of carboxylic acids is 1. The summed E-state index contributed by atoms with van der Waals surface area (Å²) in [6.07, 6.45) is 1.07. The van der Waals surface area contributed by atoms with Crippen molar-refractivity contribution >= 4 is 32.5 Å². The van der Waals surface area contributed by atoms with E-state index in [4.69, 9.17) is 14.4 Å². The molecular weight excluding hydrogens is 475 g/mol. The molecule has 4 rings (SSSR count). The van der Waals surface area contributed by atoms with E-state index in [0.717, 1.165) is 11.8 Å². The molecule has 0 amide bonds. The first-order valence-corrected chi connectivity index (χ1v) is 12.3. The molecule has 35 heavy (non-hydrogen) atoms. The van der Waals surface area contributed by atoms with Crippen LogP contribution in [-0.2, 0) is 16.4 Å². The fourth-order valence-electron chi connectivity index (χ4n) is 3.44. The molecule has 0 radical (unpaired) electrons. The van der Waals surface area contributed by atoms with Crippen LogP contribution in [0.1, 0.15) is 21.5 Å². The van der Waals surface area contributed by atoms with Crippen LogP contribution >= 0.6 is 0 Å². The van der Waals surface area contributed by atoms with Crippen LogP contribution in [0.2, 0.25) is 0 Å². The number of hydrogen-bond acceptors (Lipinski definition) is 7. The maximum Gasteiger partial charge on any atom is 0.340 e. The van der Waals surface area contributed by atoms with E-state index in [1.54, 1.807) is 24.3 Å². The summed E-state index contributed by atoms with van der Waals surface area (Å²) in [7, 11) is -3.39. The number of sulfone groups is 1. The summed E-state index contributed by atoms with van der Waals surface area (Å²) in [6, 6.07) is 16.9. The smallest absolute Gasteiger partial charge is 0.340 e. The van der Waals surface area contributed by atoms with Crippen LogP contribution in [0.3, 0.4) is 0 Å². The minimum Gasteiger partial charge on any atom is -0.487 e. The molecule has 1 heterocycles. The Kier molecular flexibility index (Phi) is 6.44. The van der Waals surface area contributed by atoms with Gasteiger partial charge in [0.05, 0.1) is 17.3 Å². The molecule has 0 unspecified atom stereocenters. The Bertz CT molecular complexity index is 1550. The van der Waals surface area contributed by atoms with Gasteiger partial charge in [-0.25, -0.2) is 17.6 Å². The van der Waals surface area contributed by atoms with E-state index in [1.165, 1.54) is 36.4 Å². The highest BCUT2D eigenvalue weighted by Crippen LogP contribution is 2.39. The summed E-state index contributed by atoms with van der Waals surface area (Å²) in [5.41, 5.74) is 1.94. The number of anilines is 1. The van der Waals surface area contributed by atoms with Crippen molar-refractivity contribution in [3.63, 3.8) is 0 Å². The quantitative estimate of drug-likeness (QED) is 0.357. The van der Waals surface area contributed by atoms with E-state index in [-0.39, 0.29) is 46.2 Å². The van der Waals surface area contributed by atoms with E-state index >= 15 is 0 Å². The molecule has 178 valence electrons. The molecule has 10 heteroatoms. The van der Waals surface area contributed by atoms with Crippen molar-refractivity contribution in [2.75, 3.05) is 17.4 Å². The van der Waals surface area contributed by atoms with E-state index in [1.807, 2.05) is 6.07 Å². The zero-order valence-electron chi connectivity index (χ0n) is 18.4. The number of fused-ring (bicyclic) bond motifs is 1. The van der Waals surface area contributed by atoms with Crippen LogP contribution < -0.4 is 10.1 Å².